The molecule has 0 saturated heterocycles. The molecule has 0 amide bonds. The molecular weight excluding hydrogens is 198 g/mol. The van der Waals surface area contributed by atoms with Gasteiger partial charge in [-0.3, -0.25) is 0 Å². The molecule has 0 aromatic heterocycles. The fourth-order valence-electron chi connectivity index (χ4n) is 2.35. The van der Waals surface area contributed by atoms with Crippen molar-refractivity contribution in [3.63, 3.8) is 0 Å². The van der Waals surface area contributed by atoms with Gasteiger partial charge in [-0.2, -0.15) is 0 Å². The lowest BCUT2D eigenvalue weighted by Crippen LogP contribution is -2.45. The zero-order valence-corrected chi connectivity index (χ0v) is 10.0. The van der Waals surface area contributed by atoms with Crippen molar-refractivity contribution in [2.75, 3.05) is 6.26 Å². The van der Waals surface area contributed by atoms with Crippen LogP contribution in [0.15, 0.2) is 0 Å². The summed E-state index contributed by atoms with van der Waals surface area (Å²) in [6, 6.07) is -0.161. The fraction of sp³-hybridized carbons (Fsp3) is 1.00. The molecule has 0 spiro atoms. The van der Waals surface area contributed by atoms with Gasteiger partial charge >= 0.3 is 0 Å². The number of rotatable bonds is 2. The molecule has 0 aliphatic heterocycles. The third-order valence-electron chi connectivity index (χ3n) is 3.37. The Bertz CT molecular complexity index is 284. The normalized spacial score (nSPS) is 34.8. The summed E-state index contributed by atoms with van der Waals surface area (Å²) in [6.07, 6.45) is 3.90. The maximum absolute atomic E-state index is 11.4. The van der Waals surface area contributed by atoms with Crippen LogP contribution in [0.1, 0.15) is 33.1 Å². The molecule has 1 fully saturated rings. The van der Waals surface area contributed by atoms with Gasteiger partial charge in [0.1, 0.15) is 0 Å². The van der Waals surface area contributed by atoms with Gasteiger partial charge in [0, 0.05) is 12.3 Å². The summed E-state index contributed by atoms with van der Waals surface area (Å²) in [7, 11) is -2.95. The maximum atomic E-state index is 11.4. The topological polar surface area (TPSA) is 60.2 Å². The largest absolute Gasteiger partial charge is 0.327 e. The van der Waals surface area contributed by atoms with E-state index in [4.69, 9.17) is 5.73 Å². The van der Waals surface area contributed by atoms with Gasteiger partial charge in [-0.05, 0) is 31.1 Å². The van der Waals surface area contributed by atoms with Gasteiger partial charge in [0.2, 0.25) is 0 Å². The highest BCUT2D eigenvalue weighted by atomic mass is 32.2. The van der Waals surface area contributed by atoms with Gasteiger partial charge in [0.15, 0.2) is 9.84 Å². The summed E-state index contributed by atoms with van der Waals surface area (Å²) in [5, 5.41) is -0.308. The molecule has 0 radical (unpaired) electrons. The summed E-state index contributed by atoms with van der Waals surface area (Å²) in [6.45, 7) is 4.36. The quantitative estimate of drug-likeness (QED) is 0.758. The van der Waals surface area contributed by atoms with Gasteiger partial charge < -0.3 is 5.73 Å². The van der Waals surface area contributed by atoms with Gasteiger partial charge in [0.25, 0.3) is 0 Å². The summed E-state index contributed by atoms with van der Waals surface area (Å²) < 4.78 is 22.8. The van der Waals surface area contributed by atoms with E-state index in [1.165, 1.54) is 6.26 Å². The van der Waals surface area contributed by atoms with Crippen LogP contribution in [0.4, 0.5) is 0 Å². The smallest absolute Gasteiger partial charge is 0.151 e. The SMILES string of the molecule is CC(C)C1CCC(S(C)(=O)=O)C(N)C1. The summed E-state index contributed by atoms with van der Waals surface area (Å²) in [5.41, 5.74) is 5.91. The Balaban J connectivity index is 2.66. The Labute approximate surface area is 87.0 Å². The first kappa shape index (κ1) is 12.0. The Morgan fingerprint density at radius 2 is 1.86 bits per heavy atom. The average Bonchev–Trinajstić information content (AvgIpc) is 2.01. The number of hydrogen-bond acceptors (Lipinski definition) is 3. The fourth-order valence-corrected chi connectivity index (χ4v) is 3.66. The second kappa shape index (κ2) is 4.19. The molecule has 1 aliphatic carbocycles. The summed E-state index contributed by atoms with van der Waals surface area (Å²) >= 11 is 0. The Morgan fingerprint density at radius 3 is 2.21 bits per heavy atom. The molecule has 0 bridgehead atoms. The van der Waals surface area contributed by atoms with Crippen LogP contribution in [0.5, 0.6) is 0 Å². The summed E-state index contributed by atoms with van der Waals surface area (Å²) in [4.78, 5) is 0. The van der Waals surface area contributed by atoms with Crippen LogP contribution in [0, 0.1) is 11.8 Å². The van der Waals surface area contributed by atoms with Crippen LogP contribution in [-0.2, 0) is 9.84 Å². The number of sulfone groups is 1. The number of nitrogens with two attached hydrogens (primary N) is 1. The van der Waals surface area contributed by atoms with Crippen LogP contribution in [0.2, 0.25) is 0 Å². The number of hydrogen-bond donors (Lipinski definition) is 1. The zero-order valence-electron chi connectivity index (χ0n) is 9.23. The highest BCUT2D eigenvalue weighted by molar-refractivity contribution is 7.91. The standard InChI is InChI=1S/C10H21NO2S/c1-7(2)8-4-5-10(9(11)6-8)14(3,12)13/h7-10H,4-6,11H2,1-3H3. The van der Waals surface area contributed by atoms with Crippen molar-refractivity contribution in [3.8, 4) is 0 Å². The van der Waals surface area contributed by atoms with Crippen LogP contribution in [0.3, 0.4) is 0 Å². The molecule has 0 aromatic rings. The lowest BCUT2D eigenvalue weighted by molar-refractivity contribution is 0.257. The minimum Gasteiger partial charge on any atom is -0.327 e. The molecule has 3 unspecified atom stereocenters. The first-order chi connectivity index (χ1) is 6.32. The van der Waals surface area contributed by atoms with Crippen molar-refractivity contribution in [2.45, 2.75) is 44.4 Å². The molecule has 14 heavy (non-hydrogen) atoms. The van der Waals surface area contributed by atoms with Crippen molar-refractivity contribution >= 4 is 9.84 Å². The van der Waals surface area contributed by atoms with Crippen molar-refractivity contribution < 1.29 is 8.42 Å². The van der Waals surface area contributed by atoms with E-state index in [1.807, 2.05) is 0 Å². The molecule has 3 nitrogen and oxygen atoms in total. The lowest BCUT2D eigenvalue weighted by atomic mass is 9.79. The molecule has 4 heteroatoms. The van der Waals surface area contributed by atoms with E-state index in [0.29, 0.717) is 11.8 Å². The van der Waals surface area contributed by atoms with Gasteiger partial charge in [-0.25, -0.2) is 8.42 Å². The third-order valence-corrected chi connectivity index (χ3v) is 5.05. The van der Waals surface area contributed by atoms with Crippen molar-refractivity contribution in [2.24, 2.45) is 17.6 Å². The van der Waals surface area contributed by atoms with Crippen molar-refractivity contribution in [1.29, 1.82) is 0 Å². The van der Waals surface area contributed by atoms with Crippen molar-refractivity contribution in [1.82, 2.24) is 0 Å². The zero-order chi connectivity index (χ0) is 10.9. The molecule has 84 valence electrons. The monoisotopic (exact) mass is 219 g/mol. The average molecular weight is 219 g/mol. The molecule has 0 aromatic carbocycles. The van der Waals surface area contributed by atoms with Crippen LogP contribution >= 0.6 is 0 Å². The molecule has 2 N–H and O–H groups in total. The Morgan fingerprint density at radius 1 is 1.29 bits per heavy atom. The molecule has 0 heterocycles. The first-order valence-electron chi connectivity index (χ1n) is 5.26. The second-order valence-electron chi connectivity index (χ2n) is 4.85. The molecule has 3 atom stereocenters. The van der Waals surface area contributed by atoms with Gasteiger partial charge in [0.05, 0.1) is 5.25 Å². The van der Waals surface area contributed by atoms with E-state index in [9.17, 15) is 8.42 Å². The minimum absolute atomic E-state index is 0.161. The Kier molecular flexibility index (Phi) is 3.58. The van der Waals surface area contributed by atoms with E-state index >= 15 is 0 Å². The maximum Gasteiger partial charge on any atom is 0.151 e. The van der Waals surface area contributed by atoms with Crippen LogP contribution in [-0.4, -0.2) is 26.0 Å². The van der Waals surface area contributed by atoms with E-state index in [0.717, 1.165) is 19.3 Å². The summed E-state index contributed by atoms with van der Waals surface area (Å²) in [5.74, 6) is 1.21. The Hall–Kier alpha value is -0.0900. The molecule has 1 rings (SSSR count). The van der Waals surface area contributed by atoms with E-state index in [1.54, 1.807) is 0 Å². The van der Waals surface area contributed by atoms with Gasteiger partial charge in [-0.1, -0.05) is 13.8 Å². The van der Waals surface area contributed by atoms with Gasteiger partial charge in [-0.15, -0.1) is 0 Å². The molecule has 1 saturated carbocycles. The van der Waals surface area contributed by atoms with Crippen molar-refractivity contribution in [3.05, 3.63) is 0 Å². The second-order valence-corrected chi connectivity index (χ2v) is 7.11. The molecular formula is C10H21NO2S. The first-order valence-corrected chi connectivity index (χ1v) is 7.22. The predicted molar refractivity (Wildman–Crippen MR) is 58.8 cm³/mol. The predicted octanol–water partition coefficient (Wildman–Crippen LogP) is 1.18. The highest BCUT2D eigenvalue weighted by Crippen LogP contribution is 2.31. The van der Waals surface area contributed by atoms with E-state index < -0.39 is 9.84 Å². The third kappa shape index (κ3) is 2.70. The van der Waals surface area contributed by atoms with Crippen LogP contribution < -0.4 is 5.73 Å². The van der Waals surface area contributed by atoms with E-state index in [2.05, 4.69) is 13.8 Å². The lowest BCUT2D eigenvalue weighted by Gasteiger charge is -2.34. The highest BCUT2D eigenvalue weighted by Gasteiger charge is 2.34. The minimum atomic E-state index is -2.95. The van der Waals surface area contributed by atoms with Crippen LogP contribution in [0.25, 0.3) is 0 Å². The van der Waals surface area contributed by atoms with E-state index in [-0.39, 0.29) is 11.3 Å². The molecule has 1 aliphatic rings.